The van der Waals surface area contributed by atoms with Crippen LogP contribution in [-0.4, -0.2) is 32.9 Å². The van der Waals surface area contributed by atoms with Gasteiger partial charge in [-0.3, -0.25) is 9.58 Å². The lowest BCUT2D eigenvalue weighted by Crippen LogP contribution is -2.35. The van der Waals surface area contributed by atoms with Crippen molar-refractivity contribution in [1.29, 1.82) is 0 Å². The third-order valence-electron chi connectivity index (χ3n) is 4.80. The number of rotatable bonds is 3. The Kier molecular flexibility index (Phi) is 3.89. The van der Waals surface area contributed by atoms with Crippen molar-refractivity contribution in [1.82, 2.24) is 14.7 Å². The summed E-state index contributed by atoms with van der Waals surface area (Å²) in [5, 5.41) is 13.9. The Balaban J connectivity index is 1.67. The molecular formula is C15H25N3O. The quantitative estimate of drug-likeness (QED) is 0.905. The van der Waals surface area contributed by atoms with Crippen molar-refractivity contribution in [3.05, 3.63) is 17.0 Å². The van der Waals surface area contributed by atoms with E-state index in [-0.39, 0.29) is 6.61 Å². The second kappa shape index (κ2) is 5.63. The van der Waals surface area contributed by atoms with E-state index in [1.807, 2.05) is 11.7 Å². The zero-order valence-electron chi connectivity index (χ0n) is 11.9. The number of hydrogen-bond acceptors (Lipinski definition) is 3. The van der Waals surface area contributed by atoms with Crippen molar-refractivity contribution in [2.75, 3.05) is 13.1 Å². The van der Waals surface area contributed by atoms with E-state index in [9.17, 15) is 5.11 Å². The second-order valence-electron chi connectivity index (χ2n) is 6.14. The number of aryl methyl sites for hydroxylation is 1. The summed E-state index contributed by atoms with van der Waals surface area (Å²) in [6.45, 7) is 3.43. The summed E-state index contributed by atoms with van der Waals surface area (Å²) in [4.78, 5) is 2.57. The smallest absolute Gasteiger partial charge is 0.0926 e. The molecule has 0 spiro atoms. The van der Waals surface area contributed by atoms with Crippen LogP contribution in [0.3, 0.4) is 0 Å². The standard InChI is InChI=1S/C15H25N3O/c1-17-15-7-8-18(9-12-5-3-2-4-6-12)10-13(15)14(11-19)16-17/h12,19H,2-11H2,1H3. The van der Waals surface area contributed by atoms with Gasteiger partial charge in [0, 0.05) is 44.4 Å². The van der Waals surface area contributed by atoms with Crippen LogP contribution >= 0.6 is 0 Å². The van der Waals surface area contributed by atoms with Crippen LogP contribution in [-0.2, 0) is 26.6 Å². The molecule has 0 saturated heterocycles. The van der Waals surface area contributed by atoms with E-state index in [0.717, 1.165) is 31.1 Å². The van der Waals surface area contributed by atoms with E-state index in [1.165, 1.54) is 49.9 Å². The highest BCUT2D eigenvalue weighted by Gasteiger charge is 2.25. The molecule has 4 heteroatoms. The Hall–Kier alpha value is -0.870. The lowest BCUT2D eigenvalue weighted by Gasteiger charge is -2.32. The van der Waals surface area contributed by atoms with Crippen LogP contribution in [0.5, 0.6) is 0 Å². The van der Waals surface area contributed by atoms with Gasteiger partial charge >= 0.3 is 0 Å². The maximum Gasteiger partial charge on any atom is 0.0926 e. The largest absolute Gasteiger partial charge is 0.390 e. The highest BCUT2D eigenvalue weighted by molar-refractivity contribution is 5.28. The van der Waals surface area contributed by atoms with E-state index >= 15 is 0 Å². The first-order valence-electron chi connectivity index (χ1n) is 7.64. The third kappa shape index (κ3) is 2.70. The van der Waals surface area contributed by atoms with Gasteiger partial charge in [0.1, 0.15) is 0 Å². The first-order valence-corrected chi connectivity index (χ1v) is 7.64. The highest BCUT2D eigenvalue weighted by atomic mass is 16.3. The van der Waals surface area contributed by atoms with E-state index < -0.39 is 0 Å². The normalized spacial score (nSPS) is 21.6. The summed E-state index contributed by atoms with van der Waals surface area (Å²) in [7, 11) is 1.99. The average molecular weight is 263 g/mol. The monoisotopic (exact) mass is 263 g/mol. The molecule has 1 fully saturated rings. The molecule has 19 heavy (non-hydrogen) atoms. The summed E-state index contributed by atoms with van der Waals surface area (Å²) in [6, 6.07) is 0. The summed E-state index contributed by atoms with van der Waals surface area (Å²) in [5.41, 5.74) is 3.49. The first kappa shape index (κ1) is 13.1. The average Bonchev–Trinajstić information content (AvgIpc) is 2.76. The fraction of sp³-hybridized carbons (Fsp3) is 0.800. The molecule has 3 rings (SSSR count). The molecule has 1 aromatic heterocycles. The topological polar surface area (TPSA) is 41.3 Å². The Morgan fingerprint density at radius 3 is 2.79 bits per heavy atom. The van der Waals surface area contributed by atoms with Crippen molar-refractivity contribution < 1.29 is 5.11 Å². The lowest BCUT2D eigenvalue weighted by molar-refractivity contribution is 0.184. The number of hydrogen-bond donors (Lipinski definition) is 1. The molecule has 2 heterocycles. The molecule has 0 aromatic carbocycles. The number of nitrogens with zero attached hydrogens (tertiary/aromatic N) is 3. The van der Waals surface area contributed by atoms with Crippen LogP contribution in [0, 0.1) is 5.92 Å². The minimum absolute atomic E-state index is 0.0699. The van der Waals surface area contributed by atoms with Gasteiger partial charge in [-0.1, -0.05) is 19.3 Å². The van der Waals surface area contributed by atoms with Crippen molar-refractivity contribution in [3.63, 3.8) is 0 Å². The Morgan fingerprint density at radius 1 is 1.26 bits per heavy atom. The Labute approximate surface area is 115 Å². The Morgan fingerprint density at radius 2 is 2.05 bits per heavy atom. The number of aliphatic hydroxyl groups excluding tert-OH is 1. The van der Waals surface area contributed by atoms with Crippen molar-refractivity contribution in [2.45, 2.75) is 51.7 Å². The molecule has 1 aliphatic heterocycles. The van der Waals surface area contributed by atoms with Crippen LogP contribution in [0.15, 0.2) is 0 Å². The van der Waals surface area contributed by atoms with E-state index in [0.29, 0.717) is 0 Å². The number of aliphatic hydroxyl groups is 1. The fourth-order valence-electron chi connectivity index (χ4n) is 3.74. The highest BCUT2D eigenvalue weighted by Crippen LogP contribution is 2.27. The van der Waals surface area contributed by atoms with Gasteiger partial charge in [-0.25, -0.2) is 0 Å². The second-order valence-corrected chi connectivity index (χ2v) is 6.14. The summed E-state index contributed by atoms with van der Waals surface area (Å²) in [5.74, 6) is 0.893. The zero-order valence-corrected chi connectivity index (χ0v) is 11.9. The molecule has 1 saturated carbocycles. The molecule has 1 N–H and O–H groups in total. The maximum atomic E-state index is 9.42. The molecule has 4 nitrogen and oxygen atoms in total. The van der Waals surface area contributed by atoms with Crippen molar-refractivity contribution in [3.8, 4) is 0 Å². The predicted molar refractivity (Wildman–Crippen MR) is 74.7 cm³/mol. The van der Waals surface area contributed by atoms with Crippen LogP contribution in [0.1, 0.15) is 49.1 Å². The van der Waals surface area contributed by atoms with Gasteiger partial charge < -0.3 is 5.11 Å². The summed E-state index contributed by atoms with van der Waals surface area (Å²) < 4.78 is 1.96. The van der Waals surface area contributed by atoms with E-state index in [2.05, 4.69) is 10.00 Å². The van der Waals surface area contributed by atoms with E-state index in [1.54, 1.807) is 0 Å². The minimum atomic E-state index is 0.0699. The van der Waals surface area contributed by atoms with Crippen molar-refractivity contribution in [2.24, 2.45) is 13.0 Å². The molecule has 0 unspecified atom stereocenters. The van der Waals surface area contributed by atoms with Gasteiger partial charge in [0.2, 0.25) is 0 Å². The molecule has 0 atom stereocenters. The van der Waals surface area contributed by atoms with Crippen LogP contribution in [0.25, 0.3) is 0 Å². The molecule has 1 aromatic rings. The van der Waals surface area contributed by atoms with Gasteiger partial charge in [0.05, 0.1) is 12.3 Å². The first-order chi connectivity index (χ1) is 9.28. The minimum Gasteiger partial charge on any atom is -0.390 e. The summed E-state index contributed by atoms with van der Waals surface area (Å²) in [6.07, 6.45) is 8.15. The Bertz CT molecular complexity index is 435. The number of aromatic nitrogens is 2. The molecule has 1 aliphatic carbocycles. The molecular weight excluding hydrogens is 238 g/mol. The predicted octanol–water partition coefficient (Wildman–Crippen LogP) is 1.85. The molecule has 2 aliphatic rings. The molecule has 0 radical (unpaired) electrons. The van der Waals surface area contributed by atoms with Gasteiger partial charge in [-0.05, 0) is 18.8 Å². The molecule has 106 valence electrons. The maximum absolute atomic E-state index is 9.42. The van der Waals surface area contributed by atoms with Crippen LogP contribution in [0.4, 0.5) is 0 Å². The SMILES string of the molecule is Cn1nc(CO)c2c1CCN(CC1CCCCC1)C2. The van der Waals surface area contributed by atoms with Gasteiger partial charge in [-0.15, -0.1) is 0 Å². The van der Waals surface area contributed by atoms with Crippen LogP contribution in [0.2, 0.25) is 0 Å². The number of fused-ring (bicyclic) bond motifs is 1. The molecule has 0 bridgehead atoms. The third-order valence-corrected chi connectivity index (χ3v) is 4.80. The van der Waals surface area contributed by atoms with E-state index in [4.69, 9.17) is 0 Å². The summed E-state index contributed by atoms with van der Waals surface area (Å²) >= 11 is 0. The van der Waals surface area contributed by atoms with Gasteiger partial charge in [0.25, 0.3) is 0 Å². The fourth-order valence-corrected chi connectivity index (χ4v) is 3.74. The zero-order chi connectivity index (χ0) is 13.2. The van der Waals surface area contributed by atoms with Gasteiger partial charge in [-0.2, -0.15) is 5.10 Å². The van der Waals surface area contributed by atoms with Crippen molar-refractivity contribution >= 4 is 0 Å². The molecule has 0 amide bonds. The lowest BCUT2D eigenvalue weighted by atomic mass is 9.88. The van der Waals surface area contributed by atoms with Crippen LogP contribution < -0.4 is 0 Å². The van der Waals surface area contributed by atoms with Gasteiger partial charge in [0.15, 0.2) is 0 Å².